The lowest BCUT2D eigenvalue weighted by atomic mass is 10.0. The summed E-state index contributed by atoms with van der Waals surface area (Å²) in [6.07, 6.45) is 2.02. The fourth-order valence-electron chi connectivity index (χ4n) is 1.99. The fourth-order valence-corrected chi connectivity index (χ4v) is 2.75. The summed E-state index contributed by atoms with van der Waals surface area (Å²) in [7, 11) is 0. The molecule has 90 valence electrons. The van der Waals surface area contributed by atoms with Crippen molar-refractivity contribution in [3.8, 4) is 10.6 Å². The zero-order chi connectivity index (χ0) is 12.5. The van der Waals surface area contributed by atoms with Crippen LogP contribution in [0.4, 0.5) is 5.69 Å². The van der Waals surface area contributed by atoms with Crippen molar-refractivity contribution in [2.45, 2.75) is 12.8 Å². The van der Waals surface area contributed by atoms with Crippen molar-refractivity contribution in [2.75, 3.05) is 5.32 Å². The number of thiazole rings is 1. The SMILES string of the molecule is O=Cc1csc(-c2ccc3c(c2)CCC(=O)N3)n1. The minimum absolute atomic E-state index is 0.0627. The van der Waals surface area contributed by atoms with Gasteiger partial charge in [-0.05, 0) is 30.2 Å². The number of nitrogens with zero attached hydrogens (tertiary/aromatic N) is 1. The van der Waals surface area contributed by atoms with E-state index in [1.165, 1.54) is 11.3 Å². The molecule has 0 fully saturated rings. The molecular weight excluding hydrogens is 248 g/mol. The summed E-state index contributed by atoms with van der Waals surface area (Å²) >= 11 is 1.45. The van der Waals surface area contributed by atoms with Crippen LogP contribution in [0.3, 0.4) is 0 Å². The van der Waals surface area contributed by atoms with Crippen LogP contribution in [0.2, 0.25) is 0 Å². The first kappa shape index (κ1) is 11.1. The van der Waals surface area contributed by atoms with E-state index >= 15 is 0 Å². The number of benzene rings is 1. The zero-order valence-electron chi connectivity index (χ0n) is 9.47. The molecule has 1 aromatic heterocycles. The van der Waals surface area contributed by atoms with E-state index in [9.17, 15) is 9.59 Å². The monoisotopic (exact) mass is 258 g/mol. The molecule has 0 aliphatic carbocycles. The molecule has 0 spiro atoms. The summed E-state index contributed by atoms with van der Waals surface area (Å²) in [6.45, 7) is 0. The Kier molecular flexibility index (Phi) is 2.68. The Bertz CT molecular complexity index is 634. The Balaban J connectivity index is 1.99. The molecule has 0 atom stereocenters. The lowest BCUT2D eigenvalue weighted by Crippen LogP contribution is -2.18. The second kappa shape index (κ2) is 4.34. The van der Waals surface area contributed by atoms with Gasteiger partial charge in [0, 0.05) is 23.1 Å². The number of amides is 1. The van der Waals surface area contributed by atoms with Gasteiger partial charge in [0.15, 0.2) is 6.29 Å². The van der Waals surface area contributed by atoms with Crippen molar-refractivity contribution in [1.29, 1.82) is 0 Å². The minimum atomic E-state index is 0.0627. The first-order chi connectivity index (χ1) is 8.76. The molecule has 1 N–H and O–H groups in total. The second-order valence-corrected chi connectivity index (χ2v) is 4.97. The first-order valence-electron chi connectivity index (χ1n) is 5.60. The van der Waals surface area contributed by atoms with Gasteiger partial charge in [-0.1, -0.05) is 0 Å². The van der Waals surface area contributed by atoms with E-state index < -0.39 is 0 Å². The largest absolute Gasteiger partial charge is 0.326 e. The maximum absolute atomic E-state index is 11.3. The van der Waals surface area contributed by atoms with Gasteiger partial charge in [-0.15, -0.1) is 11.3 Å². The van der Waals surface area contributed by atoms with E-state index in [0.29, 0.717) is 12.1 Å². The highest BCUT2D eigenvalue weighted by Crippen LogP contribution is 2.30. The number of carbonyl (C=O) groups is 2. The minimum Gasteiger partial charge on any atom is -0.326 e. The molecule has 5 heteroatoms. The number of fused-ring (bicyclic) bond motifs is 1. The highest BCUT2D eigenvalue weighted by Gasteiger charge is 2.15. The van der Waals surface area contributed by atoms with Crippen LogP contribution >= 0.6 is 11.3 Å². The van der Waals surface area contributed by atoms with Crippen molar-refractivity contribution in [2.24, 2.45) is 0 Å². The number of anilines is 1. The normalized spacial score (nSPS) is 13.9. The van der Waals surface area contributed by atoms with E-state index in [1.54, 1.807) is 5.38 Å². The molecule has 0 saturated heterocycles. The van der Waals surface area contributed by atoms with E-state index in [1.807, 2.05) is 18.2 Å². The molecule has 18 heavy (non-hydrogen) atoms. The van der Waals surface area contributed by atoms with Crippen molar-refractivity contribution in [1.82, 2.24) is 4.98 Å². The third-order valence-corrected chi connectivity index (χ3v) is 3.80. The summed E-state index contributed by atoms with van der Waals surface area (Å²) in [5.41, 5.74) is 3.45. The molecule has 0 radical (unpaired) electrons. The molecule has 1 amide bonds. The number of carbonyl (C=O) groups excluding carboxylic acids is 2. The third-order valence-electron chi connectivity index (χ3n) is 2.89. The fraction of sp³-hybridized carbons (Fsp3) is 0.154. The summed E-state index contributed by atoms with van der Waals surface area (Å²) in [4.78, 5) is 26.1. The number of aromatic nitrogens is 1. The maximum Gasteiger partial charge on any atom is 0.224 e. The van der Waals surface area contributed by atoms with Crippen LogP contribution in [-0.2, 0) is 11.2 Å². The van der Waals surface area contributed by atoms with E-state index in [2.05, 4.69) is 10.3 Å². The molecule has 1 aliphatic heterocycles. The average molecular weight is 258 g/mol. The van der Waals surface area contributed by atoms with Crippen molar-refractivity contribution >= 4 is 29.2 Å². The molecule has 2 heterocycles. The van der Waals surface area contributed by atoms with Crippen molar-refractivity contribution < 1.29 is 9.59 Å². The predicted octanol–water partition coefficient (Wildman–Crippen LogP) is 2.51. The van der Waals surface area contributed by atoms with Gasteiger partial charge in [0.2, 0.25) is 5.91 Å². The number of hydrogen-bond donors (Lipinski definition) is 1. The van der Waals surface area contributed by atoms with Gasteiger partial charge < -0.3 is 5.32 Å². The van der Waals surface area contributed by atoms with Crippen LogP contribution in [0.25, 0.3) is 10.6 Å². The molecule has 4 nitrogen and oxygen atoms in total. The number of aldehydes is 1. The first-order valence-corrected chi connectivity index (χ1v) is 6.48. The number of nitrogens with one attached hydrogen (secondary N) is 1. The van der Waals surface area contributed by atoms with Crippen LogP contribution in [-0.4, -0.2) is 17.2 Å². The van der Waals surface area contributed by atoms with Gasteiger partial charge in [0.05, 0.1) is 0 Å². The number of rotatable bonds is 2. The van der Waals surface area contributed by atoms with Crippen molar-refractivity contribution in [3.05, 3.63) is 34.8 Å². The molecule has 0 bridgehead atoms. The molecule has 2 aromatic rings. The summed E-state index contributed by atoms with van der Waals surface area (Å²) < 4.78 is 0. The molecule has 0 unspecified atom stereocenters. The van der Waals surface area contributed by atoms with Gasteiger partial charge in [0.25, 0.3) is 0 Å². The Morgan fingerprint density at radius 1 is 1.33 bits per heavy atom. The van der Waals surface area contributed by atoms with Crippen LogP contribution in [0.1, 0.15) is 22.5 Å². The molecule has 1 aromatic carbocycles. The molecule has 1 aliphatic rings. The Labute approximate surface area is 108 Å². The van der Waals surface area contributed by atoms with Crippen LogP contribution in [0, 0.1) is 0 Å². The summed E-state index contributed by atoms with van der Waals surface area (Å²) in [5.74, 6) is 0.0627. The van der Waals surface area contributed by atoms with Gasteiger partial charge in [-0.3, -0.25) is 9.59 Å². The van der Waals surface area contributed by atoms with E-state index in [0.717, 1.165) is 34.5 Å². The van der Waals surface area contributed by atoms with Crippen LogP contribution < -0.4 is 5.32 Å². The van der Waals surface area contributed by atoms with E-state index in [-0.39, 0.29) is 5.91 Å². The molecular formula is C13H10N2O2S. The Hall–Kier alpha value is -2.01. The predicted molar refractivity (Wildman–Crippen MR) is 69.9 cm³/mol. The smallest absolute Gasteiger partial charge is 0.224 e. The molecule has 3 rings (SSSR count). The average Bonchev–Trinajstić information content (AvgIpc) is 2.87. The highest BCUT2D eigenvalue weighted by molar-refractivity contribution is 7.13. The van der Waals surface area contributed by atoms with Gasteiger partial charge >= 0.3 is 0 Å². The van der Waals surface area contributed by atoms with E-state index in [4.69, 9.17) is 0 Å². The van der Waals surface area contributed by atoms with Crippen LogP contribution in [0.15, 0.2) is 23.6 Å². The number of hydrogen-bond acceptors (Lipinski definition) is 4. The summed E-state index contributed by atoms with van der Waals surface area (Å²) in [5, 5.41) is 5.41. The zero-order valence-corrected chi connectivity index (χ0v) is 10.3. The van der Waals surface area contributed by atoms with Gasteiger partial charge in [0.1, 0.15) is 10.7 Å². The third kappa shape index (κ3) is 1.93. The quantitative estimate of drug-likeness (QED) is 0.842. The van der Waals surface area contributed by atoms with Gasteiger partial charge in [-0.2, -0.15) is 0 Å². The number of aryl methyl sites for hydroxylation is 1. The lowest BCUT2D eigenvalue weighted by molar-refractivity contribution is -0.116. The summed E-state index contributed by atoms with van der Waals surface area (Å²) in [6, 6.07) is 5.84. The maximum atomic E-state index is 11.3. The Morgan fingerprint density at radius 3 is 3.00 bits per heavy atom. The van der Waals surface area contributed by atoms with Crippen LogP contribution in [0.5, 0.6) is 0 Å². The second-order valence-electron chi connectivity index (χ2n) is 4.12. The van der Waals surface area contributed by atoms with Crippen molar-refractivity contribution in [3.63, 3.8) is 0 Å². The lowest BCUT2D eigenvalue weighted by Gasteiger charge is -2.17. The topological polar surface area (TPSA) is 59.1 Å². The molecule has 0 saturated carbocycles. The highest BCUT2D eigenvalue weighted by atomic mass is 32.1. The Morgan fingerprint density at radius 2 is 2.22 bits per heavy atom. The standard InChI is InChI=1S/C13H10N2O2S/c16-6-10-7-18-13(14-10)9-1-3-11-8(5-9)2-4-12(17)15-11/h1,3,5-7H,2,4H2,(H,15,17). The van der Waals surface area contributed by atoms with Gasteiger partial charge in [-0.25, -0.2) is 4.98 Å².